The molecule has 3 rings (SSSR count). The zero-order valence-electron chi connectivity index (χ0n) is 11.5. The number of nitro groups is 2. The van der Waals surface area contributed by atoms with Gasteiger partial charge in [0.25, 0.3) is 0 Å². The molecule has 0 atom stereocenters. The van der Waals surface area contributed by atoms with Crippen LogP contribution in [0.25, 0.3) is 0 Å². The van der Waals surface area contributed by atoms with Crippen LogP contribution >= 0.6 is 0 Å². The summed E-state index contributed by atoms with van der Waals surface area (Å²) in [6, 6.07) is 3.85. The molecular formula is C14H6N2O8. The molecule has 0 aliphatic heterocycles. The highest BCUT2D eigenvalue weighted by Gasteiger charge is 2.43. The number of nitro benzene ring substituents is 2. The van der Waals surface area contributed by atoms with E-state index in [9.17, 15) is 40.0 Å². The average molecular weight is 330 g/mol. The fraction of sp³-hybridized carbons (Fsp3) is 0. The standard InChI is InChI=1S/C14H6N2O8/c17-5-1-2-6-7(3-5)13(19)8-4-9(18)11(15(21)22)12(16(23)24)10(8)14(6)20/h1-4,17-18H. The number of nitrogens with zero attached hydrogens (tertiary/aromatic N) is 2. The lowest BCUT2D eigenvalue weighted by atomic mass is 9.82. The van der Waals surface area contributed by atoms with E-state index in [0.29, 0.717) is 6.07 Å². The number of carbonyl (C=O) groups is 2. The summed E-state index contributed by atoms with van der Waals surface area (Å²) < 4.78 is 0. The monoisotopic (exact) mass is 330 g/mol. The highest BCUT2D eigenvalue weighted by molar-refractivity contribution is 6.30. The van der Waals surface area contributed by atoms with E-state index in [1.165, 1.54) is 0 Å². The maximum absolute atomic E-state index is 12.5. The molecule has 2 aromatic rings. The van der Waals surface area contributed by atoms with Gasteiger partial charge in [0.05, 0.1) is 9.85 Å². The summed E-state index contributed by atoms with van der Waals surface area (Å²) in [7, 11) is 0. The van der Waals surface area contributed by atoms with Crippen LogP contribution in [0.4, 0.5) is 11.4 Å². The molecule has 2 aromatic carbocycles. The highest BCUT2D eigenvalue weighted by Crippen LogP contribution is 2.44. The molecule has 0 bridgehead atoms. The molecular weight excluding hydrogens is 324 g/mol. The van der Waals surface area contributed by atoms with E-state index in [1.54, 1.807) is 0 Å². The molecule has 0 spiro atoms. The van der Waals surface area contributed by atoms with Crippen LogP contribution in [-0.2, 0) is 0 Å². The van der Waals surface area contributed by atoms with E-state index in [-0.39, 0.29) is 16.9 Å². The number of rotatable bonds is 2. The van der Waals surface area contributed by atoms with Gasteiger partial charge in [-0.3, -0.25) is 29.8 Å². The van der Waals surface area contributed by atoms with Gasteiger partial charge in [0.1, 0.15) is 11.3 Å². The predicted molar refractivity (Wildman–Crippen MR) is 76.4 cm³/mol. The summed E-state index contributed by atoms with van der Waals surface area (Å²) in [5.41, 5.74) is -4.24. The SMILES string of the molecule is O=C1c2cc(O)ccc2C(=O)c2c1cc(O)c([N+](=O)[O-])c2[N+](=O)[O-]. The molecule has 24 heavy (non-hydrogen) atoms. The zero-order valence-corrected chi connectivity index (χ0v) is 11.5. The van der Waals surface area contributed by atoms with Crippen molar-refractivity contribution in [1.82, 2.24) is 0 Å². The van der Waals surface area contributed by atoms with Crippen molar-refractivity contribution in [2.75, 3.05) is 0 Å². The third kappa shape index (κ3) is 1.90. The Bertz CT molecular complexity index is 979. The highest BCUT2D eigenvalue weighted by atomic mass is 16.6. The number of benzene rings is 2. The van der Waals surface area contributed by atoms with Crippen molar-refractivity contribution >= 4 is 22.9 Å². The van der Waals surface area contributed by atoms with Gasteiger partial charge in [-0.05, 0) is 24.3 Å². The molecule has 0 saturated heterocycles. The first-order valence-electron chi connectivity index (χ1n) is 6.35. The van der Waals surface area contributed by atoms with Crippen molar-refractivity contribution in [1.29, 1.82) is 0 Å². The molecule has 10 nitrogen and oxygen atoms in total. The molecule has 10 heteroatoms. The van der Waals surface area contributed by atoms with Gasteiger partial charge in [-0.15, -0.1) is 0 Å². The van der Waals surface area contributed by atoms with Gasteiger partial charge < -0.3 is 10.2 Å². The first kappa shape index (κ1) is 15.1. The molecule has 0 radical (unpaired) electrons. The largest absolute Gasteiger partial charge is 0.508 e. The van der Waals surface area contributed by atoms with Crippen LogP contribution in [0.5, 0.6) is 11.5 Å². The van der Waals surface area contributed by atoms with Crippen molar-refractivity contribution in [2.24, 2.45) is 0 Å². The summed E-state index contributed by atoms with van der Waals surface area (Å²) in [6.45, 7) is 0. The topological polar surface area (TPSA) is 161 Å². The molecule has 0 heterocycles. The Labute approximate surface area is 131 Å². The Hall–Kier alpha value is -3.82. The van der Waals surface area contributed by atoms with E-state index in [0.717, 1.165) is 18.2 Å². The van der Waals surface area contributed by atoms with Gasteiger partial charge >= 0.3 is 11.4 Å². The summed E-state index contributed by atoms with van der Waals surface area (Å²) in [4.78, 5) is 44.9. The Balaban J connectivity index is 2.45. The number of carbonyl (C=O) groups excluding carboxylic acids is 2. The van der Waals surface area contributed by atoms with E-state index in [4.69, 9.17) is 0 Å². The second kappa shape index (κ2) is 4.84. The maximum atomic E-state index is 12.5. The second-order valence-corrected chi connectivity index (χ2v) is 4.92. The summed E-state index contributed by atoms with van der Waals surface area (Å²) in [5, 5.41) is 41.4. The van der Waals surface area contributed by atoms with Crippen LogP contribution in [0, 0.1) is 20.2 Å². The molecule has 2 N–H and O–H groups in total. The number of fused-ring (bicyclic) bond motifs is 2. The molecule has 0 saturated carbocycles. The van der Waals surface area contributed by atoms with Crippen molar-refractivity contribution in [2.45, 2.75) is 0 Å². The zero-order chi connectivity index (χ0) is 17.8. The summed E-state index contributed by atoms with van der Waals surface area (Å²) >= 11 is 0. The summed E-state index contributed by atoms with van der Waals surface area (Å²) in [5.74, 6) is -3.26. The predicted octanol–water partition coefficient (Wildman–Crippen LogP) is 1.69. The summed E-state index contributed by atoms with van der Waals surface area (Å²) in [6.07, 6.45) is 0. The maximum Gasteiger partial charge on any atom is 0.387 e. The van der Waals surface area contributed by atoms with Gasteiger partial charge in [-0.1, -0.05) is 0 Å². The Morgan fingerprint density at radius 2 is 1.42 bits per heavy atom. The van der Waals surface area contributed by atoms with Gasteiger partial charge in [0.15, 0.2) is 5.78 Å². The van der Waals surface area contributed by atoms with Gasteiger partial charge in [-0.25, -0.2) is 0 Å². The Morgan fingerprint density at radius 3 is 2.00 bits per heavy atom. The van der Waals surface area contributed by atoms with Gasteiger partial charge in [-0.2, -0.15) is 0 Å². The molecule has 0 aromatic heterocycles. The molecule has 0 unspecified atom stereocenters. The Kier molecular flexibility index (Phi) is 3.04. The van der Waals surface area contributed by atoms with E-state index in [2.05, 4.69) is 0 Å². The van der Waals surface area contributed by atoms with Crippen LogP contribution in [-0.4, -0.2) is 31.6 Å². The van der Waals surface area contributed by atoms with Crippen LogP contribution in [0.3, 0.4) is 0 Å². The first-order valence-corrected chi connectivity index (χ1v) is 6.35. The van der Waals surface area contributed by atoms with Crippen LogP contribution in [0.2, 0.25) is 0 Å². The molecule has 1 aliphatic carbocycles. The van der Waals surface area contributed by atoms with Crippen LogP contribution in [0.1, 0.15) is 31.8 Å². The minimum absolute atomic E-state index is 0.213. The van der Waals surface area contributed by atoms with Crippen molar-refractivity contribution in [3.05, 3.63) is 66.7 Å². The van der Waals surface area contributed by atoms with Gasteiger partial charge in [0.2, 0.25) is 11.5 Å². The minimum atomic E-state index is -1.26. The fourth-order valence-electron chi connectivity index (χ4n) is 2.61. The number of phenolic OH excluding ortho intramolecular Hbond substituents is 2. The van der Waals surface area contributed by atoms with E-state index in [1.807, 2.05) is 0 Å². The van der Waals surface area contributed by atoms with Crippen LogP contribution in [0.15, 0.2) is 24.3 Å². The normalized spacial score (nSPS) is 12.5. The third-order valence-electron chi connectivity index (χ3n) is 3.58. The van der Waals surface area contributed by atoms with E-state index >= 15 is 0 Å². The van der Waals surface area contributed by atoms with E-state index < -0.39 is 49.7 Å². The average Bonchev–Trinajstić information content (AvgIpc) is 2.50. The lowest BCUT2D eigenvalue weighted by Crippen LogP contribution is -2.22. The quantitative estimate of drug-likeness (QED) is 0.530. The fourth-order valence-corrected chi connectivity index (χ4v) is 2.61. The van der Waals surface area contributed by atoms with Crippen molar-refractivity contribution < 1.29 is 29.6 Å². The number of hydrogen-bond donors (Lipinski definition) is 2. The number of ketones is 2. The minimum Gasteiger partial charge on any atom is -0.508 e. The van der Waals surface area contributed by atoms with Gasteiger partial charge in [0, 0.05) is 16.7 Å². The van der Waals surface area contributed by atoms with Crippen LogP contribution < -0.4 is 0 Å². The number of phenols is 2. The second-order valence-electron chi connectivity index (χ2n) is 4.92. The molecule has 0 amide bonds. The smallest absolute Gasteiger partial charge is 0.387 e. The lowest BCUT2D eigenvalue weighted by molar-refractivity contribution is -0.423. The first-order chi connectivity index (χ1) is 11.2. The Morgan fingerprint density at radius 1 is 0.792 bits per heavy atom. The van der Waals surface area contributed by atoms with Crippen molar-refractivity contribution in [3.63, 3.8) is 0 Å². The third-order valence-corrected chi connectivity index (χ3v) is 3.58. The van der Waals surface area contributed by atoms with Crippen molar-refractivity contribution in [3.8, 4) is 11.5 Å². The number of aromatic hydroxyl groups is 2. The molecule has 120 valence electrons. The molecule has 1 aliphatic rings. The number of hydrogen-bond acceptors (Lipinski definition) is 8. The molecule has 0 fully saturated rings. The lowest BCUT2D eigenvalue weighted by Gasteiger charge is -2.17.